The Hall–Kier alpha value is -4.37. The number of rotatable bonds is 43. The number of hydrogen-bond donors (Lipinski definition) is 1. The van der Waals surface area contributed by atoms with Crippen LogP contribution in [0.4, 0.5) is 0 Å². The molecule has 10 heteroatoms. The number of quaternary nitrogens is 1. The van der Waals surface area contributed by atoms with E-state index in [1.807, 2.05) is 27.2 Å². The SMILES string of the molecule is CC/C=C\C/C=C\C/C=C\C/C=C\C/C=C\C/C=C\C/C=C\CCCC(=O)OC(COC(=O)CCCC/C=C\C/C=C\C/C=C\C/C=C\C/C=C\C/C=C\CC)COP(=O)(O)OCC[N+](C)(C)C. The lowest BCUT2D eigenvalue weighted by atomic mass is 10.2. The maximum Gasteiger partial charge on any atom is 0.472 e. The van der Waals surface area contributed by atoms with Crippen molar-refractivity contribution in [2.75, 3.05) is 47.5 Å². The Morgan fingerprint density at radius 1 is 0.456 bits per heavy atom. The fourth-order valence-electron chi connectivity index (χ4n) is 5.71. The third-order valence-electron chi connectivity index (χ3n) is 9.55. The lowest BCUT2D eigenvalue weighted by Crippen LogP contribution is -2.37. The van der Waals surface area contributed by atoms with Gasteiger partial charge in [-0.05, 0) is 116 Å². The summed E-state index contributed by atoms with van der Waals surface area (Å²) in [6.07, 6.45) is 71.7. The molecule has 2 atom stereocenters. The molecule has 1 N–H and O–H groups in total. The summed E-state index contributed by atoms with van der Waals surface area (Å²) in [4.78, 5) is 35.5. The van der Waals surface area contributed by atoms with E-state index in [-0.39, 0.29) is 26.1 Å². The van der Waals surface area contributed by atoms with Gasteiger partial charge in [0.2, 0.25) is 0 Å². The molecule has 2 unspecified atom stereocenters. The molecule has 0 aromatic heterocycles. The van der Waals surface area contributed by atoms with Gasteiger partial charge in [0.25, 0.3) is 0 Å². The molecule has 380 valence electrons. The molecule has 0 radical (unpaired) electrons. The van der Waals surface area contributed by atoms with Crippen LogP contribution in [0.2, 0.25) is 0 Å². The minimum Gasteiger partial charge on any atom is -0.462 e. The molecule has 0 spiro atoms. The van der Waals surface area contributed by atoms with Crippen molar-refractivity contribution in [2.45, 2.75) is 148 Å². The first-order valence-corrected chi connectivity index (χ1v) is 26.7. The molecule has 0 aromatic carbocycles. The van der Waals surface area contributed by atoms with Crippen molar-refractivity contribution < 1.29 is 42.1 Å². The highest BCUT2D eigenvalue weighted by molar-refractivity contribution is 7.47. The van der Waals surface area contributed by atoms with E-state index >= 15 is 0 Å². The van der Waals surface area contributed by atoms with Crippen LogP contribution < -0.4 is 0 Å². The molecule has 0 fully saturated rings. The second kappa shape index (κ2) is 47.7. The van der Waals surface area contributed by atoms with Gasteiger partial charge in [-0.1, -0.05) is 172 Å². The summed E-state index contributed by atoms with van der Waals surface area (Å²) in [6, 6.07) is 0. The monoisotopic (exact) mass is 961 g/mol. The Bertz CT molecular complexity index is 1700. The van der Waals surface area contributed by atoms with Crippen molar-refractivity contribution in [1.82, 2.24) is 0 Å². The summed E-state index contributed by atoms with van der Waals surface area (Å²) in [5.41, 5.74) is 0. The number of unbranched alkanes of at least 4 members (excludes halogenated alkanes) is 3. The van der Waals surface area contributed by atoms with Gasteiger partial charge in [-0.2, -0.15) is 0 Å². The molecular weight excluding hydrogens is 870 g/mol. The predicted molar refractivity (Wildman–Crippen MR) is 288 cm³/mol. The van der Waals surface area contributed by atoms with Gasteiger partial charge in [0.15, 0.2) is 6.10 Å². The largest absolute Gasteiger partial charge is 0.472 e. The van der Waals surface area contributed by atoms with Crippen molar-refractivity contribution in [3.05, 3.63) is 158 Å². The number of likely N-dealkylation sites (N-methyl/N-ethyl adjacent to an activating group) is 1. The van der Waals surface area contributed by atoms with Crippen LogP contribution in [-0.4, -0.2) is 74.9 Å². The number of esters is 2. The third kappa shape index (κ3) is 51.0. The van der Waals surface area contributed by atoms with Crippen LogP contribution >= 0.6 is 7.82 Å². The fraction of sp³-hybridized carbons (Fsp3) is 0.517. The van der Waals surface area contributed by atoms with Gasteiger partial charge in [-0.25, -0.2) is 4.57 Å². The molecule has 68 heavy (non-hydrogen) atoms. The number of phosphoric ester groups is 1. The predicted octanol–water partition coefficient (Wildman–Crippen LogP) is 15.4. The van der Waals surface area contributed by atoms with Gasteiger partial charge in [0.1, 0.15) is 19.8 Å². The van der Waals surface area contributed by atoms with Crippen molar-refractivity contribution in [3.63, 3.8) is 0 Å². The van der Waals surface area contributed by atoms with E-state index < -0.39 is 32.5 Å². The van der Waals surface area contributed by atoms with Crippen LogP contribution in [0.3, 0.4) is 0 Å². The number of ether oxygens (including phenoxy) is 2. The number of phosphoric acid groups is 1. The van der Waals surface area contributed by atoms with Crippen LogP contribution in [0, 0.1) is 0 Å². The highest BCUT2D eigenvalue weighted by Gasteiger charge is 2.27. The van der Waals surface area contributed by atoms with E-state index in [4.69, 9.17) is 18.5 Å². The van der Waals surface area contributed by atoms with Gasteiger partial charge < -0.3 is 18.9 Å². The van der Waals surface area contributed by atoms with Crippen LogP contribution in [0.5, 0.6) is 0 Å². The Kier molecular flexibility index (Phi) is 44.6. The molecule has 9 nitrogen and oxygen atoms in total. The van der Waals surface area contributed by atoms with E-state index in [9.17, 15) is 19.0 Å². The molecular formula is C58H91NO8P+. The molecule has 0 bridgehead atoms. The normalized spacial score (nSPS) is 14.7. The molecule has 0 aliphatic rings. The zero-order chi connectivity index (χ0) is 49.9. The molecule has 0 aliphatic carbocycles. The Morgan fingerprint density at radius 2 is 0.794 bits per heavy atom. The molecule has 0 rings (SSSR count). The summed E-state index contributed by atoms with van der Waals surface area (Å²) >= 11 is 0. The average molecular weight is 961 g/mol. The quantitative estimate of drug-likeness (QED) is 0.0212. The van der Waals surface area contributed by atoms with Crippen molar-refractivity contribution in [2.24, 2.45) is 0 Å². The standard InChI is InChI=1S/C58H90NO8P/c1-6-8-10-12-14-16-18-20-22-24-26-28-29-31-33-35-37-39-41-43-45-47-49-51-58(61)67-56(55-66-68(62,63)65-53-52-59(3,4)5)54-64-57(60)50-48-46-44-42-40-38-36-34-32-30-27-25-23-21-19-17-15-13-11-9-7-2/h8-11,14-17,20-23,26-28,30-31,33-34,36-37,39-40,42-43,45,56H,6-7,12-13,18-19,24-25,29,32,35,38,41,44,46-55H2,1-5H3/p+1/b10-8-,11-9-,16-14-,17-15-,22-20-,23-21-,28-26-,30-27-,33-31-,36-34-,39-37-,42-40-,45-43-. The topological polar surface area (TPSA) is 108 Å². The minimum absolute atomic E-state index is 0.00288. The summed E-state index contributed by atoms with van der Waals surface area (Å²) < 4.78 is 34.3. The zero-order valence-corrected chi connectivity index (χ0v) is 43.7. The first kappa shape index (κ1) is 63.6. The first-order valence-electron chi connectivity index (χ1n) is 25.2. The van der Waals surface area contributed by atoms with E-state index in [0.717, 1.165) is 96.3 Å². The molecule has 0 amide bonds. The minimum atomic E-state index is -4.42. The van der Waals surface area contributed by atoms with Gasteiger partial charge in [0, 0.05) is 12.8 Å². The molecule has 0 saturated heterocycles. The van der Waals surface area contributed by atoms with Crippen LogP contribution in [0.25, 0.3) is 0 Å². The van der Waals surface area contributed by atoms with Gasteiger partial charge in [-0.15, -0.1) is 0 Å². The first-order chi connectivity index (χ1) is 33.0. The zero-order valence-electron chi connectivity index (χ0n) is 42.8. The van der Waals surface area contributed by atoms with Gasteiger partial charge in [-0.3, -0.25) is 18.6 Å². The van der Waals surface area contributed by atoms with Gasteiger partial charge >= 0.3 is 19.8 Å². The molecule has 0 aliphatic heterocycles. The Balaban J connectivity index is 4.51. The Labute approximate surface area is 414 Å². The number of hydrogen-bond acceptors (Lipinski definition) is 7. The maximum atomic E-state index is 12.7. The number of carbonyl (C=O) groups excluding carboxylic acids is 2. The third-order valence-corrected chi connectivity index (χ3v) is 10.5. The maximum absolute atomic E-state index is 12.7. The highest BCUT2D eigenvalue weighted by Crippen LogP contribution is 2.43. The summed E-state index contributed by atoms with van der Waals surface area (Å²) in [7, 11) is 1.38. The highest BCUT2D eigenvalue weighted by atomic mass is 31.2. The summed E-state index contributed by atoms with van der Waals surface area (Å²) in [6.45, 7) is 4.04. The van der Waals surface area contributed by atoms with Crippen LogP contribution in [0.15, 0.2) is 158 Å². The molecule has 0 saturated carbocycles. The molecule has 0 heterocycles. The number of carbonyl (C=O) groups is 2. The second-order valence-electron chi connectivity index (χ2n) is 17.1. The van der Waals surface area contributed by atoms with E-state index in [1.54, 1.807) is 0 Å². The Morgan fingerprint density at radius 3 is 1.16 bits per heavy atom. The van der Waals surface area contributed by atoms with Crippen molar-refractivity contribution >= 4 is 19.8 Å². The summed E-state index contributed by atoms with van der Waals surface area (Å²) in [5.74, 6) is -0.938. The van der Waals surface area contributed by atoms with E-state index in [1.165, 1.54) is 0 Å². The number of nitrogens with zero attached hydrogens (tertiary/aromatic N) is 1. The fourth-order valence-corrected chi connectivity index (χ4v) is 6.45. The lowest BCUT2D eigenvalue weighted by Gasteiger charge is -2.24. The van der Waals surface area contributed by atoms with Crippen molar-refractivity contribution in [3.8, 4) is 0 Å². The van der Waals surface area contributed by atoms with Crippen LogP contribution in [0.1, 0.15) is 142 Å². The number of allylic oxidation sites excluding steroid dienone is 26. The average Bonchev–Trinajstić information content (AvgIpc) is 3.30. The second-order valence-corrected chi connectivity index (χ2v) is 18.5. The van der Waals surface area contributed by atoms with E-state index in [2.05, 4.69) is 166 Å². The smallest absolute Gasteiger partial charge is 0.462 e. The molecule has 0 aromatic rings. The van der Waals surface area contributed by atoms with Crippen LogP contribution in [-0.2, 0) is 32.7 Å². The van der Waals surface area contributed by atoms with E-state index in [0.29, 0.717) is 30.3 Å². The van der Waals surface area contributed by atoms with Gasteiger partial charge in [0.05, 0.1) is 27.7 Å². The lowest BCUT2D eigenvalue weighted by molar-refractivity contribution is -0.870. The van der Waals surface area contributed by atoms with Crippen molar-refractivity contribution in [1.29, 1.82) is 0 Å². The summed E-state index contributed by atoms with van der Waals surface area (Å²) in [5, 5.41) is 0.